The molecule has 6 atom stereocenters. The van der Waals surface area contributed by atoms with Crippen LogP contribution in [0.1, 0.15) is 44.2 Å². The van der Waals surface area contributed by atoms with Gasteiger partial charge in [-0.15, -0.1) is 0 Å². The van der Waals surface area contributed by atoms with E-state index >= 15 is 0 Å². The van der Waals surface area contributed by atoms with Gasteiger partial charge in [-0.3, -0.25) is 19.3 Å². The predicted octanol–water partition coefficient (Wildman–Crippen LogP) is 2.09. The summed E-state index contributed by atoms with van der Waals surface area (Å²) in [4.78, 5) is 48.9. The number of rotatable bonds is 7. The zero-order chi connectivity index (χ0) is 30.0. The summed E-state index contributed by atoms with van der Waals surface area (Å²) in [6, 6.07) is 7.41. The van der Waals surface area contributed by atoms with Crippen LogP contribution in [-0.2, 0) is 28.6 Å². The van der Waals surface area contributed by atoms with Gasteiger partial charge in [0.15, 0.2) is 0 Å². The summed E-state index contributed by atoms with van der Waals surface area (Å²) in [7, 11) is 0. The van der Waals surface area contributed by atoms with E-state index in [1.165, 1.54) is 4.90 Å². The average Bonchev–Trinajstić information content (AvgIpc) is 3.39. The van der Waals surface area contributed by atoms with Crippen LogP contribution in [0, 0.1) is 11.8 Å². The lowest BCUT2D eigenvalue weighted by Crippen LogP contribution is -2.57. The maximum absolute atomic E-state index is 14.8. The molecule has 6 rings (SSSR count). The number of allylic oxidation sites excluding steroid dienone is 1. The number of nitrogens with zero attached hydrogens (tertiary/aromatic N) is 3. The van der Waals surface area contributed by atoms with Gasteiger partial charge in [0.2, 0.25) is 11.8 Å². The number of benzene rings is 1. The fraction of sp³-hybridized carbons (Fsp3) is 0.606. The minimum absolute atomic E-state index is 0.240. The predicted molar refractivity (Wildman–Crippen MR) is 158 cm³/mol. The number of carbonyl (C=O) groups excluding carboxylic acids is 3. The molecule has 5 aliphatic heterocycles. The van der Waals surface area contributed by atoms with Crippen molar-refractivity contribution in [1.29, 1.82) is 0 Å². The van der Waals surface area contributed by atoms with E-state index in [0.717, 1.165) is 32.4 Å². The van der Waals surface area contributed by atoms with Gasteiger partial charge in [0.25, 0.3) is 0 Å². The van der Waals surface area contributed by atoms with E-state index in [1.54, 1.807) is 4.90 Å². The second-order valence-corrected chi connectivity index (χ2v) is 12.2. The Bertz CT molecular complexity index is 1250. The first-order chi connectivity index (χ1) is 21.0. The van der Waals surface area contributed by atoms with E-state index in [0.29, 0.717) is 44.8 Å². The number of fused-ring (bicyclic) bond motifs is 2. The normalized spacial score (nSPS) is 34.7. The van der Waals surface area contributed by atoms with Crippen LogP contribution in [0.5, 0.6) is 0 Å². The molecule has 0 aliphatic carbocycles. The van der Waals surface area contributed by atoms with Gasteiger partial charge in [-0.05, 0) is 31.2 Å². The number of carbonyl (C=O) groups is 3. The molecule has 3 fully saturated rings. The van der Waals surface area contributed by atoms with Crippen LogP contribution in [0.3, 0.4) is 0 Å². The second-order valence-electron chi connectivity index (χ2n) is 12.2. The van der Waals surface area contributed by atoms with Gasteiger partial charge in [0.05, 0.1) is 38.4 Å². The summed E-state index contributed by atoms with van der Waals surface area (Å²) < 4.78 is 18.3. The summed E-state index contributed by atoms with van der Waals surface area (Å²) in [6.45, 7) is 6.29. The summed E-state index contributed by atoms with van der Waals surface area (Å²) in [5.74, 6) is -3.00. The van der Waals surface area contributed by atoms with Crippen molar-refractivity contribution in [2.45, 2.75) is 55.9 Å². The van der Waals surface area contributed by atoms with Crippen molar-refractivity contribution in [3.05, 3.63) is 60.2 Å². The molecule has 2 amide bonds. The molecule has 10 nitrogen and oxygen atoms in total. The minimum Gasteiger partial charge on any atom is -0.465 e. The van der Waals surface area contributed by atoms with Crippen LogP contribution in [0.2, 0.25) is 0 Å². The highest BCUT2D eigenvalue weighted by atomic mass is 16.6. The highest BCUT2D eigenvalue weighted by Crippen LogP contribution is 2.59. The molecule has 3 saturated heterocycles. The molecule has 1 aromatic rings. The molecular weight excluding hydrogens is 550 g/mol. The Labute approximate surface area is 253 Å². The van der Waals surface area contributed by atoms with Crippen molar-refractivity contribution in [1.82, 2.24) is 14.7 Å². The fourth-order valence-electron chi connectivity index (χ4n) is 7.68. The van der Waals surface area contributed by atoms with Crippen molar-refractivity contribution < 1.29 is 33.7 Å². The molecular formula is C33H43N3O7. The number of ether oxygens (including phenoxy) is 3. The summed E-state index contributed by atoms with van der Waals surface area (Å²) in [5, 5.41) is 10.7. The number of aliphatic hydroxyl groups is 1. The summed E-state index contributed by atoms with van der Waals surface area (Å²) in [6.07, 6.45) is 10.6. The van der Waals surface area contributed by atoms with Gasteiger partial charge in [0, 0.05) is 32.7 Å². The van der Waals surface area contributed by atoms with Gasteiger partial charge in [-0.2, -0.15) is 0 Å². The first-order valence-corrected chi connectivity index (χ1v) is 15.7. The SMILES string of the molecule is CC[C@@]12/C=C\CCCCOC(=O)[C@@H]1[C@H]1C(=O)N([C@H](CO)c3ccccc3)C3C(=O)N(CCN4CCOCC4)CC=C[C@@]31O2. The fourth-order valence-corrected chi connectivity index (χ4v) is 7.68. The largest absolute Gasteiger partial charge is 0.465 e. The number of likely N-dealkylation sites (tertiary alicyclic amines) is 1. The van der Waals surface area contributed by atoms with Gasteiger partial charge in [-0.25, -0.2) is 0 Å². The number of hydrogen-bond donors (Lipinski definition) is 1. The lowest BCUT2D eigenvalue weighted by molar-refractivity contribution is -0.163. The lowest BCUT2D eigenvalue weighted by Gasteiger charge is -2.41. The number of amides is 2. The van der Waals surface area contributed by atoms with Crippen molar-refractivity contribution >= 4 is 17.8 Å². The molecule has 43 heavy (non-hydrogen) atoms. The van der Waals surface area contributed by atoms with Crippen molar-refractivity contribution in [2.24, 2.45) is 11.8 Å². The summed E-state index contributed by atoms with van der Waals surface area (Å²) >= 11 is 0. The Morgan fingerprint density at radius 3 is 2.49 bits per heavy atom. The topological polar surface area (TPSA) is 109 Å². The number of cyclic esters (lactones) is 1. The van der Waals surface area contributed by atoms with Crippen LogP contribution >= 0.6 is 0 Å². The Kier molecular flexibility index (Phi) is 8.73. The molecule has 5 aliphatic rings. The van der Waals surface area contributed by atoms with Crippen molar-refractivity contribution in [3.63, 3.8) is 0 Å². The van der Waals surface area contributed by atoms with Crippen LogP contribution < -0.4 is 0 Å². The Hall–Kier alpha value is -3.05. The molecule has 0 aromatic heterocycles. The van der Waals surface area contributed by atoms with Gasteiger partial charge in [0.1, 0.15) is 23.2 Å². The highest BCUT2D eigenvalue weighted by Gasteiger charge is 2.76. The van der Waals surface area contributed by atoms with E-state index < -0.39 is 41.1 Å². The molecule has 1 unspecified atom stereocenters. The summed E-state index contributed by atoms with van der Waals surface area (Å²) in [5.41, 5.74) is -1.79. The quantitative estimate of drug-likeness (QED) is 0.378. The molecule has 1 aromatic carbocycles. The minimum atomic E-state index is -1.40. The van der Waals surface area contributed by atoms with Crippen LogP contribution in [0.15, 0.2) is 54.6 Å². The van der Waals surface area contributed by atoms with E-state index in [4.69, 9.17) is 14.2 Å². The van der Waals surface area contributed by atoms with Crippen molar-refractivity contribution in [3.8, 4) is 0 Å². The Morgan fingerprint density at radius 1 is 0.953 bits per heavy atom. The Morgan fingerprint density at radius 2 is 1.74 bits per heavy atom. The zero-order valence-corrected chi connectivity index (χ0v) is 24.9. The lowest BCUT2D eigenvalue weighted by atomic mass is 9.73. The number of hydrogen-bond acceptors (Lipinski definition) is 8. The smallest absolute Gasteiger partial charge is 0.313 e. The monoisotopic (exact) mass is 593 g/mol. The molecule has 0 radical (unpaired) electrons. The van der Waals surface area contributed by atoms with E-state index in [1.807, 2.05) is 61.6 Å². The molecule has 5 heterocycles. The second kappa shape index (κ2) is 12.5. The highest BCUT2D eigenvalue weighted by molar-refractivity contribution is 5.99. The van der Waals surface area contributed by atoms with Crippen LogP contribution in [-0.4, -0.2) is 114 Å². The van der Waals surface area contributed by atoms with Gasteiger partial charge < -0.3 is 29.1 Å². The molecule has 1 N–H and O–H groups in total. The van der Waals surface area contributed by atoms with Crippen LogP contribution in [0.4, 0.5) is 0 Å². The first-order valence-electron chi connectivity index (χ1n) is 15.7. The van der Waals surface area contributed by atoms with E-state index in [9.17, 15) is 19.5 Å². The van der Waals surface area contributed by atoms with Crippen LogP contribution in [0.25, 0.3) is 0 Å². The molecule has 0 bridgehead atoms. The first kappa shape index (κ1) is 30.0. The maximum Gasteiger partial charge on any atom is 0.313 e. The number of esters is 1. The standard InChI is InChI=1S/C33H43N3O7/c1-2-32-13-8-3-4-9-20-42-31(40)27(32)26-29(38)36(25(23-37)24-11-6-5-7-12-24)28-30(39)35(15-10-14-33(26,28)43-32)17-16-34-18-21-41-22-19-34/h5-8,10-14,25-28,37H,2-4,9,15-23H2,1H3/b13-8-/t25-,26+,27+,28?,32-,33+/m1/s1. The van der Waals surface area contributed by atoms with E-state index in [-0.39, 0.29) is 25.0 Å². The number of aliphatic hydroxyl groups excluding tert-OH is 1. The molecule has 0 saturated carbocycles. The maximum atomic E-state index is 14.8. The van der Waals surface area contributed by atoms with E-state index in [2.05, 4.69) is 4.90 Å². The third-order valence-corrected chi connectivity index (χ3v) is 9.89. The average molecular weight is 594 g/mol. The Balaban J connectivity index is 1.45. The third kappa shape index (κ3) is 5.22. The molecule has 1 spiro atoms. The molecule has 232 valence electrons. The van der Waals surface area contributed by atoms with Gasteiger partial charge in [-0.1, -0.05) is 61.6 Å². The van der Waals surface area contributed by atoms with Crippen molar-refractivity contribution in [2.75, 3.05) is 59.2 Å². The zero-order valence-electron chi connectivity index (χ0n) is 24.9. The third-order valence-electron chi connectivity index (χ3n) is 9.89. The number of morpholine rings is 1. The molecule has 10 heteroatoms. The van der Waals surface area contributed by atoms with Gasteiger partial charge >= 0.3 is 5.97 Å².